The largest absolute Gasteiger partial charge is 0.347 e. The zero-order chi connectivity index (χ0) is 13.1. The Hall–Kier alpha value is -1.13. The molecule has 5 heteroatoms. The smallest absolute Gasteiger partial charge is 0.167 e. The first-order valence-electron chi connectivity index (χ1n) is 5.68. The van der Waals surface area contributed by atoms with Gasteiger partial charge in [-0.05, 0) is 31.4 Å². The minimum absolute atomic E-state index is 0.162. The molecule has 2 aromatic rings. The summed E-state index contributed by atoms with van der Waals surface area (Å²) in [6, 6.07) is 5.49. The third-order valence-corrected chi connectivity index (χ3v) is 3.66. The van der Waals surface area contributed by atoms with Crippen molar-refractivity contribution in [1.82, 2.24) is 4.98 Å². The van der Waals surface area contributed by atoms with Crippen molar-refractivity contribution < 1.29 is 4.39 Å². The molecular formula is C13H14ClFN2S. The topological polar surface area (TPSA) is 16.1 Å². The van der Waals surface area contributed by atoms with Crippen molar-refractivity contribution in [2.24, 2.45) is 0 Å². The summed E-state index contributed by atoms with van der Waals surface area (Å²) in [5.41, 5.74) is 0. The van der Waals surface area contributed by atoms with E-state index in [1.54, 1.807) is 11.3 Å². The highest BCUT2D eigenvalue weighted by Crippen LogP contribution is 2.24. The van der Waals surface area contributed by atoms with Crippen molar-refractivity contribution >= 4 is 28.8 Å². The van der Waals surface area contributed by atoms with Crippen molar-refractivity contribution in [2.45, 2.75) is 26.4 Å². The van der Waals surface area contributed by atoms with Crippen LogP contribution in [0.4, 0.5) is 10.2 Å². The van der Waals surface area contributed by atoms with Gasteiger partial charge in [0.15, 0.2) is 11.6 Å². The highest BCUT2D eigenvalue weighted by atomic mass is 35.5. The fraction of sp³-hybridized carbons (Fsp3) is 0.308. The van der Waals surface area contributed by atoms with Crippen LogP contribution in [-0.2, 0) is 6.54 Å². The molecule has 18 heavy (non-hydrogen) atoms. The van der Waals surface area contributed by atoms with E-state index in [-0.39, 0.29) is 11.9 Å². The molecule has 0 amide bonds. The van der Waals surface area contributed by atoms with Gasteiger partial charge in [0, 0.05) is 17.1 Å². The average Bonchev–Trinajstić information content (AvgIpc) is 2.79. The van der Waals surface area contributed by atoms with Crippen LogP contribution in [0.5, 0.6) is 0 Å². The van der Waals surface area contributed by atoms with Gasteiger partial charge < -0.3 is 4.90 Å². The van der Waals surface area contributed by atoms with Gasteiger partial charge in [0.25, 0.3) is 0 Å². The summed E-state index contributed by atoms with van der Waals surface area (Å²) < 4.78 is 13.9. The molecule has 0 saturated carbocycles. The molecule has 96 valence electrons. The summed E-state index contributed by atoms with van der Waals surface area (Å²) in [6.07, 6.45) is 1.48. The molecule has 0 atom stereocenters. The maximum Gasteiger partial charge on any atom is 0.167 e. The van der Waals surface area contributed by atoms with Crippen molar-refractivity contribution in [2.75, 3.05) is 4.90 Å². The molecule has 2 aromatic heterocycles. The number of anilines is 1. The summed E-state index contributed by atoms with van der Waals surface area (Å²) in [7, 11) is 0. The molecule has 0 spiro atoms. The number of aromatic nitrogens is 1. The van der Waals surface area contributed by atoms with Crippen LogP contribution in [0.15, 0.2) is 29.8 Å². The first-order valence-corrected chi connectivity index (χ1v) is 6.93. The lowest BCUT2D eigenvalue weighted by Gasteiger charge is -2.27. The summed E-state index contributed by atoms with van der Waals surface area (Å²) >= 11 is 7.38. The Balaban J connectivity index is 2.29. The fourth-order valence-corrected chi connectivity index (χ4v) is 2.54. The van der Waals surface area contributed by atoms with Crippen molar-refractivity contribution in [1.29, 1.82) is 0 Å². The van der Waals surface area contributed by atoms with E-state index in [1.807, 2.05) is 36.3 Å². The van der Waals surface area contributed by atoms with Gasteiger partial charge in [-0.3, -0.25) is 0 Å². The SMILES string of the molecule is CC(C)N(Cc1cccs1)c1ncc(Cl)cc1F. The van der Waals surface area contributed by atoms with Gasteiger partial charge >= 0.3 is 0 Å². The zero-order valence-corrected chi connectivity index (χ0v) is 11.8. The lowest BCUT2D eigenvalue weighted by molar-refractivity contribution is 0.589. The van der Waals surface area contributed by atoms with Crippen LogP contribution in [0.2, 0.25) is 5.02 Å². The second-order valence-corrected chi connectivity index (χ2v) is 5.73. The number of pyridine rings is 1. The summed E-state index contributed by atoms with van der Waals surface area (Å²) in [4.78, 5) is 7.21. The van der Waals surface area contributed by atoms with Gasteiger partial charge in [0.2, 0.25) is 0 Å². The monoisotopic (exact) mass is 284 g/mol. The molecule has 2 rings (SSSR count). The van der Waals surface area contributed by atoms with E-state index in [9.17, 15) is 4.39 Å². The quantitative estimate of drug-likeness (QED) is 0.830. The third kappa shape index (κ3) is 3.00. The number of hydrogen-bond acceptors (Lipinski definition) is 3. The van der Waals surface area contributed by atoms with Crippen LogP contribution in [0.25, 0.3) is 0 Å². The van der Waals surface area contributed by atoms with Crippen LogP contribution in [0, 0.1) is 5.82 Å². The van der Waals surface area contributed by atoms with Crippen molar-refractivity contribution in [3.05, 3.63) is 45.5 Å². The van der Waals surface area contributed by atoms with Crippen LogP contribution in [-0.4, -0.2) is 11.0 Å². The van der Waals surface area contributed by atoms with E-state index in [1.165, 1.54) is 17.1 Å². The summed E-state index contributed by atoms with van der Waals surface area (Å²) in [5, 5.41) is 2.33. The van der Waals surface area contributed by atoms with E-state index in [2.05, 4.69) is 4.98 Å². The van der Waals surface area contributed by atoms with E-state index >= 15 is 0 Å². The molecule has 0 bridgehead atoms. The molecule has 0 radical (unpaired) electrons. The molecular weight excluding hydrogens is 271 g/mol. The number of thiophene rings is 1. The highest BCUT2D eigenvalue weighted by Gasteiger charge is 2.17. The fourth-order valence-electron chi connectivity index (χ4n) is 1.69. The number of rotatable bonds is 4. The standard InChI is InChI=1S/C13H14ClFN2S/c1-9(2)17(8-11-4-3-5-18-11)13-12(15)6-10(14)7-16-13/h3-7,9H,8H2,1-2H3. The van der Waals surface area contributed by atoms with Crippen LogP contribution < -0.4 is 4.90 Å². The number of hydrogen-bond donors (Lipinski definition) is 0. The number of halogens is 2. The Kier molecular flexibility index (Phi) is 4.19. The lowest BCUT2D eigenvalue weighted by atomic mass is 10.2. The molecule has 0 saturated heterocycles. The normalized spacial score (nSPS) is 10.9. The molecule has 0 aromatic carbocycles. The molecule has 0 unspecified atom stereocenters. The minimum Gasteiger partial charge on any atom is -0.347 e. The van der Waals surface area contributed by atoms with Gasteiger partial charge in [0.1, 0.15) is 0 Å². The Bertz CT molecular complexity index is 514. The van der Waals surface area contributed by atoms with E-state index in [4.69, 9.17) is 11.6 Å². The molecule has 0 aliphatic rings. The Morgan fingerprint density at radius 1 is 1.50 bits per heavy atom. The van der Waals surface area contributed by atoms with Gasteiger partial charge in [-0.15, -0.1) is 11.3 Å². The number of nitrogens with zero attached hydrogens (tertiary/aromatic N) is 2. The summed E-state index contributed by atoms with van der Waals surface area (Å²) in [6.45, 7) is 4.69. The lowest BCUT2D eigenvalue weighted by Crippen LogP contribution is -2.31. The second-order valence-electron chi connectivity index (χ2n) is 4.26. The van der Waals surface area contributed by atoms with E-state index in [0.29, 0.717) is 17.4 Å². The van der Waals surface area contributed by atoms with Crippen LogP contribution >= 0.6 is 22.9 Å². The van der Waals surface area contributed by atoms with Crippen LogP contribution in [0.1, 0.15) is 18.7 Å². The van der Waals surface area contributed by atoms with Gasteiger partial charge in [-0.25, -0.2) is 9.37 Å². The first kappa shape index (κ1) is 13.3. The van der Waals surface area contributed by atoms with Gasteiger partial charge in [0.05, 0.1) is 11.6 Å². The highest BCUT2D eigenvalue weighted by molar-refractivity contribution is 7.09. The Labute approximate surface area is 115 Å². The molecule has 0 N–H and O–H groups in total. The van der Waals surface area contributed by atoms with Crippen molar-refractivity contribution in [3.8, 4) is 0 Å². The Morgan fingerprint density at radius 2 is 2.28 bits per heavy atom. The maximum atomic E-state index is 13.9. The van der Waals surface area contributed by atoms with E-state index < -0.39 is 0 Å². The van der Waals surface area contributed by atoms with Gasteiger partial charge in [-0.1, -0.05) is 17.7 Å². The average molecular weight is 285 g/mol. The van der Waals surface area contributed by atoms with E-state index in [0.717, 1.165) is 0 Å². The third-order valence-electron chi connectivity index (χ3n) is 2.59. The minimum atomic E-state index is -0.382. The molecule has 0 aliphatic heterocycles. The molecule has 2 heterocycles. The summed E-state index contributed by atoms with van der Waals surface area (Å²) in [5.74, 6) is -0.0319. The zero-order valence-electron chi connectivity index (χ0n) is 10.2. The molecule has 2 nitrogen and oxygen atoms in total. The molecule has 0 aliphatic carbocycles. The Morgan fingerprint density at radius 3 is 2.83 bits per heavy atom. The predicted molar refractivity (Wildman–Crippen MR) is 74.8 cm³/mol. The van der Waals surface area contributed by atoms with Crippen LogP contribution in [0.3, 0.4) is 0 Å². The predicted octanol–water partition coefficient (Wildman–Crippen LogP) is 4.35. The second kappa shape index (κ2) is 5.67. The van der Waals surface area contributed by atoms with Crippen molar-refractivity contribution in [3.63, 3.8) is 0 Å². The van der Waals surface area contributed by atoms with Gasteiger partial charge in [-0.2, -0.15) is 0 Å². The molecule has 0 fully saturated rings. The first-order chi connectivity index (χ1) is 8.58. The maximum absolute atomic E-state index is 13.9.